The molecule has 8 rings (SSSR count). The van der Waals surface area contributed by atoms with Gasteiger partial charge in [0.1, 0.15) is 36.5 Å². The monoisotopic (exact) mass is 948 g/mol. The van der Waals surface area contributed by atoms with Crippen molar-refractivity contribution in [2.75, 3.05) is 43.6 Å². The highest BCUT2D eigenvalue weighted by Gasteiger charge is 2.45. The largest absolute Gasteiger partial charge is 0.495 e. The Kier molecular flexibility index (Phi) is 14.7. The molecule has 20 heteroatoms. The smallest absolute Gasteiger partial charge is 0.251 e. The summed E-state index contributed by atoms with van der Waals surface area (Å²) in [6, 6.07) is 11.3. The van der Waals surface area contributed by atoms with Crippen molar-refractivity contribution in [2.45, 2.75) is 110 Å². The summed E-state index contributed by atoms with van der Waals surface area (Å²) >= 11 is 1.57. The minimum Gasteiger partial charge on any atom is -0.495 e. The van der Waals surface area contributed by atoms with Gasteiger partial charge in [-0.3, -0.25) is 23.7 Å². The number of hydrogen-bond donors (Lipinski definition) is 5. The number of aliphatic hydroxyl groups excluding tert-OH is 1. The third kappa shape index (κ3) is 10.5. The number of fused-ring (bicyclic) bond motifs is 3. The molecule has 0 bridgehead atoms. The topological polar surface area (TPSA) is 231 Å². The van der Waals surface area contributed by atoms with Crippen molar-refractivity contribution in [3.8, 4) is 21.9 Å². The summed E-state index contributed by atoms with van der Waals surface area (Å²) in [6.45, 7) is 9.48. The number of nitrogens with zero attached hydrogens (tertiary/aromatic N) is 8. The van der Waals surface area contributed by atoms with E-state index in [0.717, 1.165) is 58.3 Å². The number of anilines is 3. The van der Waals surface area contributed by atoms with Crippen LogP contribution in [0.2, 0.25) is 0 Å². The molecule has 1 aliphatic carbocycles. The van der Waals surface area contributed by atoms with Crippen molar-refractivity contribution in [1.29, 1.82) is 0 Å². The van der Waals surface area contributed by atoms with Crippen LogP contribution in [-0.2, 0) is 25.7 Å². The van der Waals surface area contributed by atoms with Crippen LogP contribution in [0.25, 0.3) is 16.1 Å². The maximum atomic E-state index is 14.0. The summed E-state index contributed by atoms with van der Waals surface area (Å²) in [5.41, 5.74) is 5.68. The van der Waals surface area contributed by atoms with Crippen LogP contribution in [0.3, 0.4) is 0 Å². The van der Waals surface area contributed by atoms with Crippen LogP contribution in [0.1, 0.15) is 99.7 Å². The van der Waals surface area contributed by atoms with Crippen LogP contribution < -0.4 is 30.9 Å². The molecule has 0 unspecified atom stereocenters. The Balaban J connectivity index is 0.816. The third-order valence-corrected chi connectivity index (χ3v) is 13.7. The standard InChI is InChI=1S/C48H60N12O7S/c1-7-35-43-57-53-26-59(43)37-23-51-47(56-42(37)60(35)32-10-8-9-11-32)54-34-17-16-31(20-38(34)66-6)44(63)49-18-19-67-25-39(62)55-41(48(3,4)5)46(65)58-24-33(61)21-36(58)45(64)50-22-29-12-14-30(15-13-29)40-28(2)52-27-68-40/h12-17,20,23,26-27,32-33,35-36,41,61H,7-11,18-19,21-22,24-25H2,1-6H3,(H,49,63)(H,50,64)(H,55,62)(H,51,54,56)/t33-,35-,36+,41-/m1/s1. The van der Waals surface area contributed by atoms with E-state index in [1.807, 2.05) is 56.5 Å². The number of likely N-dealkylation sites (tertiary alicyclic amines) is 1. The van der Waals surface area contributed by atoms with Crippen LogP contribution in [0, 0.1) is 12.3 Å². The summed E-state index contributed by atoms with van der Waals surface area (Å²) in [6.07, 6.45) is 8.02. The first kappa shape index (κ1) is 48.0. The van der Waals surface area contributed by atoms with E-state index in [1.54, 1.807) is 47.6 Å². The molecule has 360 valence electrons. The zero-order chi connectivity index (χ0) is 48.1. The molecule has 3 aliphatic rings. The van der Waals surface area contributed by atoms with Crippen molar-refractivity contribution in [2.24, 2.45) is 5.41 Å². The van der Waals surface area contributed by atoms with Crippen molar-refractivity contribution in [3.05, 3.63) is 83.1 Å². The first-order chi connectivity index (χ1) is 32.7. The molecule has 2 aromatic carbocycles. The van der Waals surface area contributed by atoms with Gasteiger partial charge in [0.15, 0.2) is 11.6 Å². The predicted octanol–water partition coefficient (Wildman–Crippen LogP) is 5.01. The number of rotatable bonds is 17. The van der Waals surface area contributed by atoms with E-state index in [4.69, 9.17) is 14.5 Å². The average molecular weight is 949 g/mol. The first-order valence-corrected chi connectivity index (χ1v) is 24.0. The number of nitrogens with one attached hydrogen (secondary N) is 4. The van der Waals surface area contributed by atoms with Crippen LogP contribution in [-0.4, -0.2) is 121 Å². The zero-order valence-electron chi connectivity index (χ0n) is 39.3. The van der Waals surface area contributed by atoms with E-state index in [9.17, 15) is 24.3 Å². The molecule has 5 aromatic rings. The molecule has 4 atom stereocenters. The van der Waals surface area contributed by atoms with Gasteiger partial charge in [-0.2, -0.15) is 4.98 Å². The normalized spacial score (nSPS) is 18.4. The molecule has 68 heavy (non-hydrogen) atoms. The van der Waals surface area contributed by atoms with E-state index < -0.39 is 41.3 Å². The predicted molar refractivity (Wildman–Crippen MR) is 256 cm³/mol. The molecule has 1 saturated heterocycles. The van der Waals surface area contributed by atoms with Crippen molar-refractivity contribution in [1.82, 2.24) is 50.6 Å². The van der Waals surface area contributed by atoms with Crippen LogP contribution >= 0.6 is 11.3 Å². The van der Waals surface area contributed by atoms with Gasteiger partial charge in [0.25, 0.3) is 5.91 Å². The third-order valence-electron chi connectivity index (χ3n) is 12.8. The number of ether oxygens (including phenoxy) is 2. The summed E-state index contributed by atoms with van der Waals surface area (Å²) in [5, 5.41) is 31.1. The number of amides is 4. The van der Waals surface area contributed by atoms with Crippen molar-refractivity contribution >= 4 is 52.4 Å². The summed E-state index contributed by atoms with van der Waals surface area (Å²) in [5.74, 6) is 0.711. The molecule has 4 amide bonds. The molecule has 5 N–H and O–H groups in total. The second-order valence-corrected chi connectivity index (χ2v) is 19.4. The fourth-order valence-electron chi connectivity index (χ4n) is 9.25. The Bertz CT molecular complexity index is 2610. The first-order valence-electron chi connectivity index (χ1n) is 23.2. The van der Waals surface area contributed by atoms with Gasteiger partial charge >= 0.3 is 0 Å². The fourth-order valence-corrected chi connectivity index (χ4v) is 10.1. The summed E-state index contributed by atoms with van der Waals surface area (Å²) in [7, 11) is 1.52. The molecular weight excluding hydrogens is 889 g/mol. The second kappa shape index (κ2) is 20.8. The summed E-state index contributed by atoms with van der Waals surface area (Å²) < 4.78 is 13.2. The van der Waals surface area contributed by atoms with Gasteiger partial charge in [-0.05, 0) is 60.9 Å². The molecule has 2 aliphatic heterocycles. The molecule has 0 spiro atoms. The Morgan fingerprint density at radius 1 is 1.03 bits per heavy atom. The number of aromatic nitrogens is 6. The minimum absolute atomic E-state index is 0.0152. The van der Waals surface area contributed by atoms with E-state index in [-0.39, 0.29) is 51.2 Å². The van der Waals surface area contributed by atoms with Crippen LogP contribution in [0.15, 0.2) is 60.5 Å². The number of benzene rings is 2. The molecule has 1 saturated carbocycles. The molecule has 19 nitrogen and oxygen atoms in total. The van der Waals surface area contributed by atoms with E-state index >= 15 is 0 Å². The van der Waals surface area contributed by atoms with Gasteiger partial charge in [-0.15, -0.1) is 21.5 Å². The highest BCUT2D eigenvalue weighted by atomic mass is 32.1. The quantitative estimate of drug-likeness (QED) is 0.0772. The lowest BCUT2D eigenvalue weighted by molar-refractivity contribution is -0.144. The molecule has 0 radical (unpaired) electrons. The maximum Gasteiger partial charge on any atom is 0.251 e. The van der Waals surface area contributed by atoms with Gasteiger partial charge < -0.3 is 45.6 Å². The Hall–Kier alpha value is -6.51. The highest BCUT2D eigenvalue weighted by Crippen LogP contribution is 2.43. The number of aliphatic hydroxyl groups is 1. The number of thiazole rings is 1. The number of β-amino-alcohol motifs (C(OH)–C–C–N with tert-alkyl or cyclic N) is 1. The number of hydrogen-bond acceptors (Lipinski definition) is 15. The Labute approximate surface area is 399 Å². The van der Waals surface area contributed by atoms with Gasteiger partial charge in [0.05, 0.1) is 53.8 Å². The average Bonchev–Trinajstić information content (AvgIpc) is 4.18. The van der Waals surface area contributed by atoms with Crippen molar-refractivity contribution < 1.29 is 33.8 Å². The number of carbonyl (C=O) groups excluding carboxylic acids is 4. The number of carbonyl (C=O) groups is 4. The van der Waals surface area contributed by atoms with Gasteiger partial charge in [-0.25, -0.2) is 9.97 Å². The van der Waals surface area contributed by atoms with Crippen LogP contribution in [0.4, 0.5) is 17.5 Å². The van der Waals surface area contributed by atoms with Gasteiger partial charge in [-0.1, -0.05) is 64.8 Å². The lowest BCUT2D eigenvalue weighted by Crippen LogP contribution is -2.58. The fraction of sp³-hybridized carbons (Fsp3) is 0.479. The zero-order valence-corrected chi connectivity index (χ0v) is 40.1. The lowest BCUT2D eigenvalue weighted by atomic mass is 9.85. The Morgan fingerprint density at radius 2 is 1.81 bits per heavy atom. The molecular formula is C48H60N12O7S. The van der Waals surface area contributed by atoms with E-state index in [1.165, 1.54) is 24.9 Å². The van der Waals surface area contributed by atoms with E-state index in [2.05, 4.69) is 53.3 Å². The molecule has 5 heterocycles. The SMILES string of the molecule is CC[C@@H]1c2nncn2-c2cnc(Nc3ccc(C(=O)NCCOCC(=O)N[C@H](C(=O)N4C[C@H](O)C[C@H]4C(=O)NCc4ccc(-c5scnc5C)cc4)C(C)(C)C)cc3OC)nc2N1C1CCCC1. The number of aryl methyl sites for hydroxylation is 1. The Morgan fingerprint density at radius 3 is 2.51 bits per heavy atom. The lowest BCUT2D eigenvalue weighted by Gasteiger charge is -2.40. The maximum absolute atomic E-state index is 14.0. The van der Waals surface area contributed by atoms with E-state index in [0.29, 0.717) is 29.0 Å². The van der Waals surface area contributed by atoms with Crippen molar-refractivity contribution in [3.63, 3.8) is 0 Å². The molecule has 2 fully saturated rings. The van der Waals surface area contributed by atoms with Gasteiger partial charge in [0, 0.05) is 37.7 Å². The number of methoxy groups -OCH3 is 1. The minimum atomic E-state index is -1.02. The van der Waals surface area contributed by atoms with Gasteiger partial charge in [0.2, 0.25) is 23.7 Å². The highest BCUT2D eigenvalue weighted by molar-refractivity contribution is 7.13. The second-order valence-electron chi connectivity index (χ2n) is 18.5. The van der Waals surface area contributed by atoms with Crippen LogP contribution in [0.5, 0.6) is 5.75 Å². The molecule has 3 aromatic heterocycles. The summed E-state index contributed by atoms with van der Waals surface area (Å²) in [4.78, 5) is 72.7.